The minimum Gasteiger partial charge on any atom is -0.357 e. The van der Waals surface area contributed by atoms with Crippen LogP contribution in [-0.2, 0) is 12.0 Å². The Balaban J connectivity index is 1.39. The van der Waals surface area contributed by atoms with Crippen molar-refractivity contribution in [3.8, 4) is 0 Å². The summed E-state index contributed by atoms with van der Waals surface area (Å²) in [6.45, 7) is 6.80. The zero-order chi connectivity index (χ0) is 19.2. The number of pyridine rings is 1. The highest BCUT2D eigenvalue weighted by Crippen LogP contribution is 2.47. The van der Waals surface area contributed by atoms with Crippen molar-refractivity contribution < 1.29 is 0 Å². The average Bonchev–Trinajstić information content (AvgIpc) is 3.33. The van der Waals surface area contributed by atoms with E-state index in [-0.39, 0.29) is 5.41 Å². The number of nitrogens with one attached hydrogen (secondary N) is 2. The topological polar surface area (TPSA) is 52.6 Å². The lowest BCUT2D eigenvalue weighted by atomic mass is 9.96. The summed E-state index contributed by atoms with van der Waals surface area (Å²) in [4.78, 5) is 11.7. The van der Waals surface area contributed by atoms with Crippen LogP contribution in [-0.4, -0.2) is 37.1 Å². The van der Waals surface area contributed by atoms with Gasteiger partial charge in [0, 0.05) is 37.8 Å². The summed E-state index contributed by atoms with van der Waals surface area (Å²) in [5, 5.41) is 6.96. The summed E-state index contributed by atoms with van der Waals surface area (Å²) in [7, 11) is 0. The molecule has 5 heteroatoms. The lowest BCUT2D eigenvalue weighted by Gasteiger charge is -2.19. The fraction of sp³-hybridized carbons (Fsp3) is 0.478. The molecule has 0 unspecified atom stereocenters. The maximum absolute atomic E-state index is 4.82. The van der Waals surface area contributed by atoms with Gasteiger partial charge >= 0.3 is 0 Å². The molecule has 0 amide bonds. The molecular formula is C23H31N5. The summed E-state index contributed by atoms with van der Waals surface area (Å²) >= 11 is 0. The SMILES string of the molecule is CCNC(=NCc1ccnc(N2CCCC2)c1)NCC1(c2ccccc2)CC1. The van der Waals surface area contributed by atoms with Gasteiger partial charge in [-0.2, -0.15) is 0 Å². The van der Waals surface area contributed by atoms with Crippen LogP contribution in [0, 0.1) is 0 Å². The van der Waals surface area contributed by atoms with Crippen molar-refractivity contribution >= 4 is 11.8 Å². The third-order valence-electron chi connectivity index (χ3n) is 5.84. The molecule has 4 rings (SSSR count). The predicted molar refractivity (Wildman–Crippen MR) is 116 cm³/mol. The molecule has 2 fully saturated rings. The molecule has 0 atom stereocenters. The summed E-state index contributed by atoms with van der Waals surface area (Å²) in [5.41, 5.74) is 2.91. The number of nitrogens with zero attached hydrogens (tertiary/aromatic N) is 3. The smallest absolute Gasteiger partial charge is 0.191 e. The zero-order valence-electron chi connectivity index (χ0n) is 16.8. The van der Waals surface area contributed by atoms with E-state index in [9.17, 15) is 0 Å². The van der Waals surface area contributed by atoms with E-state index in [1.54, 1.807) is 0 Å². The van der Waals surface area contributed by atoms with Gasteiger partial charge in [0.15, 0.2) is 5.96 Å². The number of guanidine groups is 1. The molecule has 0 spiro atoms. The fourth-order valence-electron chi connectivity index (χ4n) is 3.95. The second-order valence-corrected chi connectivity index (χ2v) is 7.91. The van der Waals surface area contributed by atoms with Crippen LogP contribution in [0.15, 0.2) is 53.7 Å². The van der Waals surface area contributed by atoms with E-state index in [1.165, 1.54) is 36.8 Å². The molecule has 1 aliphatic carbocycles. The Bertz CT molecular complexity index is 792. The molecular weight excluding hydrogens is 346 g/mol. The highest BCUT2D eigenvalue weighted by molar-refractivity contribution is 5.80. The number of hydrogen-bond donors (Lipinski definition) is 2. The Morgan fingerprint density at radius 3 is 2.61 bits per heavy atom. The van der Waals surface area contributed by atoms with Gasteiger partial charge in [-0.1, -0.05) is 30.3 Å². The number of anilines is 1. The van der Waals surface area contributed by atoms with E-state index in [4.69, 9.17) is 4.99 Å². The molecule has 1 saturated carbocycles. The van der Waals surface area contributed by atoms with Crippen molar-refractivity contribution in [2.24, 2.45) is 4.99 Å². The first kappa shape index (κ1) is 18.8. The van der Waals surface area contributed by atoms with Crippen molar-refractivity contribution in [3.63, 3.8) is 0 Å². The van der Waals surface area contributed by atoms with Crippen LogP contribution in [0.3, 0.4) is 0 Å². The summed E-state index contributed by atoms with van der Waals surface area (Å²) < 4.78 is 0. The first-order chi connectivity index (χ1) is 13.8. The molecule has 0 radical (unpaired) electrons. The van der Waals surface area contributed by atoms with Crippen LogP contribution in [0.1, 0.15) is 43.7 Å². The second-order valence-electron chi connectivity index (χ2n) is 7.91. The van der Waals surface area contributed by atoms with Gasteiger partial charge in [-0.05, 0) is 55.9 Å². The Kier molecular flexibility index (Phi) is 5.79. The largest absolute Gasteiger partial charge is 0.357 e. The van der Waals surface area contributed by atoms with Gasteiger partial charge in [0.2, 0.25) is 0 Å². The van der Waals surface area contributed by atoms with Crippen molar-refractivity contribution in [2.75, 3.05) is 31.1 Å². The Labute approximate surface area is 168 Å². The summed E-state index contributed by atoms with van der Waals surface area (Å²) in [5.74, 6) is 1.98. The average molecular weight is 378 g/mol. The van der Waals surface area contributed by atoms with Crippen LogP contribution in [0.4, 0.5) is 5.82 Å². The van der Waals surface area contributed by atoms with Gasteiger partial charge in [-0.25, -0.2) is 9.98 Å². The first-order valence-electron chi connectivity index (χ1n) is 10.6. The van der Waals surface area contributed by atoms with Crippen LogP contribution in [0.2, 0.25) is 0 Å². The monoisotopic (exact) mass is 377 g/mol. The lowest BCUT2D eigenvalue weighted by Crippen LogP contribution is -2.41. The maximum atomic E-state index is 4.82. The predicted octanol–water partition coefficient (Wildman–Crippen LogP) is 3.47. The van der Waals surface area contributed by atoms with Crippen LogP contribution in [0.25, 0.3) is 0 Å². The number of aliphatic imine (C=N–C) groups is 1. The third kappa shape index (κ3) is 4.46. The molecule has 2 aliphatic rings. The minimum absolute atomic E-state index is 0.275. The number of rotatable bonds is 7. The molecule has 1 saturated heterocycles. The van der Waals surface area contributed by atoms with E-state index in [0.717, 1.165) is 38.0 Å². The minimum atomic E-state index is 0.275. The van der Waals surface area contributed by atoms with Crippen LogP contribution in [0.5, 0.6) is 0 Å². The summed E-state index contributed by atoms with van der Waals surface area (Å²) in [6.07, 6.45) is 6.93. The quantitative estimate of drug-likeness (QED) is 0.573. The molecule has 2 aromatic rings. The molecule has 5 nitrogen and oxygen atoms in total. The molecule has 0 bridgehead atoms. The molecule has 148 valence electrons. The van der Waals surface area contributed by atoms with Crippen LogP contribution >= 0.6 is 0 Å². The van der Waals surface area contributed by atoms with Crippen molar-refractivity contribution in [2.45, 2.75) is 44.6 Å². The van der Waals surface area contributed by atoms with Crippen molar-refractivity contribution in [1.29, 1.82) is 0 Å². The van der Waals surface area contributed by atoms with Crippen molar-refractivity contribution in [1.82, 2.24) is 15.6 Å². The van der Waals surface area contributed by atoms with E-state index < -0.39 is 0 Å². The number of benzene rings is 1. The van der Waals surface area contributed by atoms with E-state index in [2.05, 4.69) is 69.9 Å². The molecule has 1 aromatic carbocycles. The van der Waals surface area contributed by atoms with E-state index in [0.29, 0.717) is 6.54 Å². The maximum Gasteiger partial charge on any atom is 0.191 e. The van der Waals surface area contributed by atoms with Gasteiger partial charge in [0.25, 0.3) is 0 Å². The van der Waals surface area contributed by atoms with Gasteiger partial charge in [-0.3, -0.25) is 0 Å². The fourth-order valence-corrected chi connectivity index (χ4v) is 3.95. The van der Waals surface area contributed by atoms with E-state index in [1.807, 2.05) is 6.20 Å². The third-order valence-corrected chi connectivity index (χ3v) is 5.84. The first-order valence-corrected chi connectivity index (χ1v) is 10.6. The normalized spacial score (nSPS) is 18.2. The zero-order valence-corrected chi connectivity index (χ0v) is 16.8. The molecule has 2 heterocycles. The Morgan fingerprint density at radius 2 is 1.89 bits per heavy atom. The van der Waals surface area contributed by atoms with Crippen LogP contribution < -0.4 is 15.5 Å². The molecule has 1 aliphatic heterocycles. The Hall–Kier alpha value is -2.56. The van der Waals surface area contributed by atoms with E-state index >= 15 is 0 Å². The molecule has 1 aromatic heterocycles. The lowest BCUT2D eigenvalue weighted by molar-refractivity contribution is 0.646. The Morgan fingerprint density at radius 1 is 1.11 bits per heavy atom. The highest BCUT2D eigenvalue weighted by atomic mass is 15.2. The highest BCUT2D eigenvalue weighted by Gasteiger charge is 2.43. The molecule has 2 N–H and O–H groups in total. The summed E-state index contributed by atoms with van der Waals surface area (Å²) in [6, 6.07) is 15.1. The van der Waals surface area contributed by atoms with Crippen molar-refractivity contribution in [3.05, 3.63) is 59.8 Å². The van der Waals surface area contributed by atoms with Gasteiger partial charge < -0.3 is 15.5 Å². The van der Waals surface area contributed by atoms with Gasteiger partial charge in [0.1, 0.15) is 5.82 Å². The molecule has 28 heavy (non-hydrogen) atoms. The van der Waals surface area contributed by atoms with Gasteiger partial charge in [-0.15, -0.1) is 0 Å². The number of hydrogen-bond acceptors (Lipinski definition) is 3. The number of aromatic nitrogens is 1. The second kappa shape index (κ2) is 8.63. The van der Waals surface area contributed by atoms with Gasteiger partial charge in [0.05, 0.1) is 6.54 Å². The standard InChI is InChI=1S/C23H31N5/c1-2-24-22(27-18-23(11-12-23)20-8-4-3-5-9-20)26-17-19-10-13-25-21(16-19)28-14-6-7-15-28/h3-5,8-10,13,16H,2,6-7,11-12,14-15,17-18H2,1H3,(H2,24,26,27).